The molecule has 3 aromatic rings. The van der Waals surface area contributed by atoms with Gasteiger partial charge in [0.15, 0.2) is 5.76 Å². The zero-order chi connectivity index (χ0) is 11.0. The van der Waals surface area contributed by atoms with Gasteiger partial charge >= 0.3 is 0 Å². The Hall–Kier alpha value is -2.29. The Bertz CT molecular complexity index is 638. The summed E-state index contributed by atoms with van der Waals surface area (Å²) in [5.41, 5.74) is 0.936. The van der Waals surface area contributed by atoms with Gasteiger partial charge in [0.05, 0.1) is 0 Å². The number of aromatic nitrogens is 1. The normalized spacial score (nSPS) is 10.8. The fraction of sp³-hybridized carbons (Fsp3) is 0. The van der Waals surface area contributed by atoms with E-state index in [4.69, 9.17) is 4.52 Å². The summed E-state index contributed by atoms with van der Waals surface area (Å²) >= 11 is 0. The van der Waals surface area contributed by atoms with Crippen LogP contribution in [0.2, 0.25) is 0 Å². The highest BCUT2D eigenvalue weighted by molar-refractivity contribution is 5.95. The molecule has 0 unspecified atom stereocenters. The summed E-state index contributed by atoms with van der Waals surface area (Å²) in [5.74, 6) is 0.484. The average molecular weight is 211 g/mol. The van der Waals surface area contributed by atoms with Crippen molar-refractivity contribution in [1.29, 1.82) is 0 Å². The van der Waals surface area contributed by atoms with Crippen molar-refractivity contribution in [3.63, 3.8) is 0 Å². The van der Waals surface area contributed by atoms with E-state index in [0.717, 1.165) is 16.3 Å². The van der Waals surface area contributed by atoms with Crippen molar-refractivity contribution in [3.05, 3.63) is 48.5 Å². The number of fused-ring (bicyclic) bond motifs is 1. The molecule has 0 amide bonds. The molecule has 0 aliphatic carbocycles. The van der Waals surface area contributed by atoms with Gasteiger partial charge in [-0.2, -0.15) is 0 Å². The highest BCUT2D eigenvalue weighted by atomic mass is 16.5. The minimum Gasteiger partial charge on any atom is -0.491 e. The molecular formula is C13H9NO2. The summed E-state index contributed by atoms with van der Waals surface area (Å²) in [4.78, 5) is 0. The summed E-state index contributed by atoms with van der Waals surface area (Å²) in [5, 5.41) is 14.9. The van der Waals surface area contributed by atoms with Crippen molar-refractivity contribution >= 4 is 10.8 Å². The first-order valence-electron chi connectivity index (χ1n) is 4.98. The summed E-state index contributed by atoms with van der Waals surface area (Å²) in [7, 11) is 0. The first-order chi connectivity index (χ1) is 7.84. The van der Waals surface area contributed by atoms with Crippen molar-refractivity contribution in [3.8, 4) is 17.2 Å². The van der Waals surface area contributed by atoms with Gasteiger partial charge in [-0.1, -0.05) is 42.5 Å². The summed E-state index contributed by atoms with van der Waals surface area (Å²) < 4.78 is 5.06. The molecule has 0 saturated heterocycles. The SMILES string of the molecule is Oc1cc(-c2cccc3ccccc23)on1. The lowest BCUT2D eigenvalue weighted by molar-refractivity contribution is 0.365. The maximum Gasteiger partial charge on any atom is 0.252 e. The van der Waals surface area contributed by atoms with E-state index in [9.17, 15) is 5.11 Å². The van der Waals surface area contributed by atoms with Crippen LogP contribution < -0.4 is 0 Å². The summed E-state index contributed by atoms with van der Waals surface area (Å²) in [6.07, 6.45) is 0. The van der Waals surface area contributed by atoms with E-state index in [1.54, 1.807) is 0 Å². The van der Waals surface area contributed by atoms with Gasteiger partial charge in [-0.05, 0) is 15.9 Å². The van der Waals surface area contributed by atoms with Gasteiger partial charge in [0.2, 0.25) is 0 Å². The molecule has 1 N–H and O–H groups in total. The third-order valence-corrected chi connectivity index (χ3v) is 2.55. The molecule has 3 nitrogen and oxygen atoms in total. The summed E-state index contributed by atoms with van der Waals surface area (Å²) in [6, 6.07) is 15.5. The molecule has 16 heavy (non-hydrogen) atoms. The Morgan fingerprint density at radius 3 is 2.62 bits per heavy atom. The predicted molar refractivity (Wildman–Crippen MR) is 61.1 cm³/mol. The lowest BCUT2D eigenvalue weighted by atomic mass is 10.0. The molecule has 1 heterocycles. The third-order valence-electron chi connectivity index (χ3n) is 2.55. The maximum atomic E-state index is 9.18. The topological polar surface area (TPSA) is 46.3 Å². The van der Waals surface area contributed by atoms with Crippen LogP contribution in [0.15, 0.2) is 53.1 Å². The van der Waals surface area contributed by atoms with Gasteiger partial charge < -0.3 is 9.63 Å². The van der Waals surface area contributed by atoms with Crippen LogP contribution in [0.1, 0.15) is 0 Å². The number of nitrogens with zero attached hydrogens (tertiary/aromatic N) is 1. The number of hydrogen-bond donors (Lipinski definition) is 1. The quantitative estimate of drug-likeness (QED) is 0.672. The first-order valence-corrected chi connectivity index (χ1v) is 4.98. The van der Waals surface area contributed by atoms with Crippen LogP contribution in [-0.2, 0) is 0 Å². The summed E-state index contributed by atoms with van der Waals surface area (Å²) in [6.45, 7) is 0. The second-order valence-electron chi connectivity index (χ2n) is 3.58. The Balaban J connectivity index is 2.31. The predicted octanol–water partition coefficient (Wildman–Crippen LogP) is 3.20. The molecule has 0 saturated carbocycles. The van der Waals surface area contributed by atoms with E-state index < -0.39 is 0 Å². The molecular weight excluding hydrogens is 202 g/mol. The van der Waals surface area contributed by atoms with E-state index in [0.29, 0.717) is 5.76 Å². The van der Waals surface area contributed by atoms with Crippen LogP contribution in [-0.4, -0.2) is 10.3 Å². The highest BCUT2D eigenvalue weighted by Crippen LogP contribution is 2.29. The number of benzene rings is 2. The van der Waals surface area contributed by atoms with Gasteiger partial charge in [0, 0.05) is 11.6 Å². The van der Waals surface area contributed by atoms with Gasteiger partial charge in [0.1, 0.15) is 0 Å². The maximum absolute atomic E-state index is 9.18. The Morgan fingerprint density at radius 2 is 1.81 bits per heavy atom. The molecule has 0 radical (unpaired) electrons. The van der Waals surface area contributed by atoms with Gasteiger partial charge in [-0.15, -0.1) is 0 Å². The molecule has 78 valence electrons. The fourth-order valence-electron chi connectivity index (χ4n) is 1.83. The number of aromatic hydroxyl groups is 1. The smallest absolute Gasteiger partial charge is 0.252 e. The molecule has 0 aliphatic heterocycles. The largest absolute Gasteiger partial charge is 0.491 e. The number of hydrogen-bond acceptors (Lipinski definition) is 3. The van der Waals surface area contributed by atoms with Crippen LogP contribution in [0.25, 0.3) is 22.1 Å². The fourth-order valence-corrected chi connectivity index (χ4v) is 1.83. The number of rotatable bonds is 1. The molecule has 0 fully saturated rings. The van der Waals surface area contributed by atoms with Gasteiger partial charge in [-0.3, -0.25) is 0 Å². The van der Waals surface area contributed by atoms with E-state index in [1.807, 2.05) is 42.5 Å². The van der Waals surface area contributed by atoms with Crippen molar-refractivity contribution in [1.82, 2.24) is 5.16 Å². The second-order valence-corrected chi connectivity index (χ2v) is 3.58. The zero-order valence-corrected chi connectivity index (χ0v) is 8.42. The lowest BCUT2D eigenvalue weighted by Gasteiger charge is -2.01. The van der Waals surface area contributed by atoms with Gasteiger partial charge in [-0.25, -0.2) is 0 Å². The Morgan fingerprint density at radius 1 is 1.00 bits per heavy atom. The van der Waals surface area contributed by atoms with Crippen LogP contribution in [0.5, 0.6) is 5.88 Å². The second kappa shape index (κ2) is 3.38. The Kier molecular flexibility index (Phi) is 1.90. The third kappa shape index (κ3) is 1.34. The molecule has 0 aliphatic rings. The lowest BCUT2D eigenvalue weighted by Crippen LogP contribution is -1.78. The average Bonchev–Trinajstić information content (AvgIpc) is 2.75. The molecule has 1 aromatic heterocycles. The molecule has 0 spiro atoms. The van der Waals surface area contributed by atoms with E-state index in [2.05, 4.69) is 5.16 Å². The van der Waals surface area contributed by atoms with Crippen molar-refractivity contribution in [2.45, 2.75) is 0 Å². The highest BCUT2D eigenvalue weighted by Gasteiger charge is 2.08. The molecule has 3 heteroatoms. The molecule has 0 atom stereocenters. The monoisotopic (exact) mass is 211 g/mol. The van der Waals surface area contributed by atoms with Crippen molar-refractivity contribution in [2.24, 2.45) is 0 Å². The van der Waals surface area contributed by atoms with E-state index >= 15 is 0 Å². The zero-order valence-electron chi connectivity index (χ0n) is 8.42. The van der Waals surface area contributed by atoms with Crippen molar-refractivity contribution < 1.29 is 9.63 Å². The van der Waals surface area contributed by atoms with Crippen LogP contribution in [0, 0.1) is 0 Å². The van der Waals surface area contributed by atoms with Crippen LogP contribution in [0.3, 0.4) is 0 Å². The van der Waals surface area contributed by atoms with Crippen molar-refractivity contribution in [2.75, 3.05) is 0 Å². The standard InChI is InChI=1S/C13H9NO2/c15-13-8-12(16-14-13)11-7-3-5-9-4-1-2-6-10(9)11/h1-8H,(H,14,15). The van der Waals surface area contributed by atoms with E-state index in [1.165, 1.54) is 6.07 Å². The van der Waals surface area contributed by atoms with E-state index in [-0.39, 0.29) is 5.88 Å². The van der Waals surface area contributed by atoms with Crippen LogP contribution >= 0.6 is 0 Å². The minimum atomic E-state index is -0.0945. The Labute approximate surface area is 91.9 Å². The molecule has 3 rings (SSSR count). The van der Waals surface area contributed by atoms with Gasteiger partial charge in [0.25, 0.3) is 5.88 Å². The molecule has 2 aromatic carbocycles. The first kappa shape index (κ1) is 8.97. The molecule has 0 bridgehead atoms. The van der Waals surface area contributed by atoms with Crippen LogP contribution in [0.4, 0.5) is 0 Å². The minimum absolute atomic E-state index is 0.0945.